The molecule has 0 aliphatic rings. The van der Waals surface area contributed by atoms with Crippen molar-refractivity contribution < 1.29 is 4.74 Å². The minimum atomic E-state index is 0.685. The lowest BCUT2D eigenvalue weighted by Crippen LogP contribution is -1.83. The molecule has 0 spiro atoms. The predicted octanol–water partition coefficient (Wildman–Crippen LogP) is 1.65. The van der Waals surface area contributed by atoms with Gasteiger partial charge in [-0.1, -0.05) is 0 Å². The van der Waals surface area contributed by atoms with E-state index in [0.29, 0.717) is 5.75 Å². The fraction of sp³-hybridized carbons (Fsp3) is 0.167. The molecule has 0 aromatic carbocycles. The summed E-state index contributed by atoms with van der Waals surface area (Å²) >= 11 is 3.24. The molecular weight excluding hydrogens is 182 g/mol. The third-order valence-electron chi connectivity index (χ3n) is 0.879. The Hall–Kier alpha value is -0.570. The Morgan fingerprint density at radius 2 is 2.56 bits per heavy atom. The first-order valence-electron chi connectivity index (χ1n) is 2.40. The number of methoxy groups -OCH3 is 1. The zero-order valence-corrected chi connectivity index (χ0v) is 6.47. The fourth-order valence-corrected chi connectivity index (χ4v) is 0.877. The first-order valence-corrected chi connectivity index (χ1v) is 3.19. The number of hydrogen-bond donors (Lipinski definition) is 0. The van der Waals surface area contributed by atoms with Crippen molar-refractivity contribution in [2.45, 2.75) is 0 Å². The van der Waals surface area contributed by atoms with Crippen molar-refractivity contribution in [3.63, 3.8) is 0 Å². The summed E-state index contributed by atoms with van der Waals surface area (Å²) in [4.78, 5) is 3.81. The second-order valence-electron chi connectivity index (χ2n) is 1.43. The summed E-state index contributed by atoms with van der Waals surface area (Å²) in [5, 5.41) is 0. The van der Waals surface area contributed by atoms with Crippen molar-refractivity contribution in [1.29, 1.82) is 0 Å². The standard InChI is InChI=1S/C6H5BrNO/c1-9-6-2-3-8-4-5(6)7/h3-4H,1H3. The molecule has 3 heteroatoms. The van der Waals surface area contributed by atoms with Crippen LogP contribution in [0.4, 0.5) is 0 Å². The van der Waals surface area contributed by atoms with Crippen LogP contribution in [0.25, 0.3) is 0 Å². The van der Waals surface area contributed by atoms with Crippen LogP contribution in [0.1, 0.15) is 0 Å². The van der Waals surface area contributed by atoms with Crippen LogP contribution in [0, 0.1) is 6.07 Å². The van der Waals surface area contributed by atoms with Gasteiger partial charge in [0.1, 0.15) is 5.75 Å². The molecule has 47 valence electrons. The molecule has 0 amide bonds. The van der Waals surface area contributed by atoms with E-state index in [4.69, 9.17) is 4.74 Å². The molecule has 1 aromatic rings. The minimum absolute atomic E-state index is 0.685. The van der Waals surface area contributed by atoms with Crippen molar-refractivity contribution in [3.8, 4) is 5.75 Å². The highest BCUT2D eigenvalue weighted by Gasteiger charge is 1.94. The topological polar surface area (TPSA) is 22.1 Å². The van der Waals surface area contributed by atoms with Gasteiger partial charge in [0.15, 0.2) is 0 Å². The van der Waals surface area contributed by atoms with Crippen molar-refractivity contribution in [2.24, 2.45) is 0 Å². The van der Waals surface area contributed by atoms with Gasteiger partial charge in [-0.05, 0) is 15.9 Å². The lowest BCUT2D eigenvalue weighted by atomic mass is 10.5. The molecule has 0 unspecified atom stereocenters. The van der Waals surface area contributed by atoms with Gasteiger partial charge in [0.2, 0.25) is 0 Å². The largest absolute Gasteiger partial charge is 0.495 e. The predicted molar refractivity (Wildman–Crippen MR) is 37.3 cm³/mol. The summed E-state index contributed by atoms with van der Waals surface area (Å²) < 4.78 is 5.73. The van der Waals surface area contributed by atoms with E-state index in [2.05, 4.69) is 27.0 Å². The van der Waals surface area contributed by atoms with E-state index >= 15 is 0 Å². The van der Waals surface area contributed by atoms with Gasteiger partial charge in [-0.25, -0.2) is 0 Å². The van der Waals surface area contributed by atoms with Crippen molar-refractivity contribution >= 4 is 15.9 Å². The summed E-state index contributed by atoms with van der Waals surface area (Å²) in [5.41, 5.74) is 0. The summed E-state index contributed by atoms with van der Waals surface area (Å²) in [6.07, 6.45) is 3.22. The number of ether oxygens (including phenoxy) is 1. The number of hydrogen-bond acceptors (Lipinski definition) is 2. The monoisotopic (exact) mass is 186 g/mol. The Morgan fingerprint density at radius 1 is 1.78 bits per heavy atom. The van der Waals surface area contributed by atoms with Crippen LogP contribution >= 0.6 is 15.9 Å². The van der Waals surface area contributed by atoms with Gasteiger partial charge in [-0.2, -0.15) is 0 Å². The molecule has 1 heterocycles. The van der Waals surface area contributed by atoms with Gasteiger partial charge in [0.25, 0.3) is 0 Å². The van der Waals surface area contributed by atoms with Crippen LogP contribution in [-0.4, -0.2) is 12.1 Å². The van der Waals surface area contributed by atoms with Crippen molar-refractivity contribution in [2.75, 3.05) is 7.11 Å². The molecule has 1 radical (unpaired) electrons. The lowest BCUT2D eigenvalue weighted by Gasteiger charge is -1.97. The van der Waals surface area contributed by atoms with Gasteiger partial charge < -0.3 is 4.74 Å². The Balaban J connectivity index is 3.01. The van der Waals surface area contributed by atoms with Gasteiger partial charge in [0, 0.05) is 18.5 Å². The summed E-state index contributed by atoms with van der Waals surface area (Å²) in [5.74, 6) is 0.685. The molecule has 2 nitrogen and oxygen atoms in total. The first kappa shape index (κ1) is 6.55. The quantitative estimate of drug-likeness (QED) is 0.666. The van der Waals surface area contributed by atoms with Gasteiger partial charge >= 0.3 is 0 Å². The van der Waals surface area contributed by atoms with Crippen molar-refractivity contribution in [1.82, 2.24) is 4.98 Å². The minimum Gasteiger partial charge on any atom is -0.495 e. The number of halogens is 1. The third-order valence-corrected chi connectivity index (χ3v) is 1.44. The zero-order chi connectivity index (χ0) is 6.69. The maximum absolute atomic E-state index is 4.90. The second-order valence-corrected chi connectivity index (χ2v) is 2.29. The highest BCUT2D eigenvalue weighted by Crippen LogP contribution is 2.20. The van der Waals surface area contributed by atoms with Crippen LogP contribution in [0.2, 0.25) is 0 Å². The maximum atomic E-state index is 4.90. The number of aromatic nitrogens is 1. The van der Waals surface area contributed by atoms with Crippen LogP contribution < -0.4 is 4.74 Å². The fourth-order valence-electron chi connectivity index (χ4n) is 0.483. The van der Waals surface area contributed by atoms with Gasteiger partial charge in [0.05, 0.1) is 11.6 Å². The zero-order valence-electron chi connectivity index (χ0n) is 4.89. The van der Waals surface area contributed by atoms with Crippen LogP contribution in [0.15, 0.2) is 16.9 Å². The summed E-state index contributed by atoms with van der Waals surface area (Å²) in [6.45, 7) is 0. The second kappa shape index (κ2) is 2.82. The summed E-state index contributed by atoms with van der Waals surface area (Å²) in [6, 6.07) is 2.81. The number of pyridine rings is 1. The molecule has 0 saturated carbocycles. The molecule has 0 atom stereocenters. The third kappa shape index (κ3) is 1.42. The van der Waals surface area contributed by atoms with Crippen LogP contribution in [-0.2, 0) is 0 Å². The smallest absolute Gasteiger partial charge is 0.144 e. The van der Waals surface area contributed by atoms with E-state index in [1.165, 1.54) is 0 Å². The molecular formula is C6H5BrNO. The Bertz CT molecular complexity index is 202. The van der Waals surface area contributed by atoms with E-state index in [0.717, 1.165) is 4.47 Å². The Morgan fingerprint density at radius 3 is 3.00 bits per heavy atom. The van der Waals surface area contributed by atoms with E-state index in [1.54, 1.807) is 19.5 Å². The average molecular weight is 187 g/mol. The molecule has 1 aromatic heterocycles. The van der Waals surface area contributed by atoms with E-state index in [9.17, 15) is 0 Å². The SMILES string of the molecule is COc1[c]cncc1Br. The van der Waals surface area contributed by atoms with Crippen LogP contribution in [0.3, 0.4) is 0 Å². The maximum Gasteiger partial charge on any atom is 0.144 e. The normalized spacial score (nSPS) is 9.11. The molecule has 0 fully saturated rings. The number of rotatable bonds is 1. The lowest BCUT2D eigenvalue weighted by molar-refractivity contribution is 0.410. The van der Waals surface area contributed by atoms with E-state index < -0.39 is 0 Å². The number of nitrogens with zero attached hydrogens (tertiary/aromatic N) is 1. The molecule has 1 rings (SSSR count). The Kier molecular flexibility index (Phi) is 2.05. The Labute approximate surface area is 62.0 Å². The molecule has 0 bridgehead atoms. The van der Waals surface area contributed by atoms with Gasteiger partial charge in [-0.3, -0.25) is 4.98 Å². The molecule has 0 aliphatic carbocycles. The van der Waals surface area contributed by atoms with Crippen LogP contribution in [0.5, 0.6) is 5.75 Å². The van der Waals surface area contributed by atoms with Crippen molar-refractivity contribution in [3.05, 3.63) is 22.9 Å². The van der Waals surface area contributed by atoms with E-state index in [-0.39, 0.29) is 0 Å². The highest BCUT2D eigenvalue weighted by molar-refractivity contribution is 9.10. The summed E-state index contributed by atoms with van der Waals surface area (Å²) in [7, 11) is 1.59. The molecule has 0 aliphatic heterocycles. The van der Waals surface area contributed by atoms with E-state index in [1.807, 2.05) is 0 Å². The molecule has 0 saturated heterocycles. The molecule has 0 N–H and O–H groups in total. The highest BCUT2D eigenvalue weighted by atomic mass is 79.9. The molecule has 9 heavy (non-hydrogen) atoms. The average Bonchev–Trinajstić information content (AvgIpc) is 1.89. The first-order chi connectivity index (χ1) is 4.34. The van der Waals surface area contributed by atoms with Gasteiger partial charge in [-0.15, -0.1) is 0 Å².